The first-order chi connectivity index (χ1) is 18.1. The number of halogens is 3. The van der Waals surface area contributed by atoms with Crippen molar-refractivity contribution >= 4 is 63.3 Å². The number of hydrogen-bond donors (Lipinski definition) is 1. The van der Waals surface area contributed by atoms with E-state index in [0.717, 1.165) is 10.1 Å². The van der Waals surface area contributed by atoms with E-state index >= 15 is 0 Å². The van der Waals surface area contributed by atoms with Crippen LogP contribution >= 0.6 is 35.4 Å². The number of piperazine rings is 1. The lowest BCUT2D eigenvalue weighted by atomic mass is 10.2. The molecule has 1 fully saturated rings. The smallest absolute Gasteiger partial charge is 0.332 e. The first-order valence-electron chi connectivity index (χ1n) is 11.8. The van der Waals surface area contributed by atoms with E-state index in [-0.39, 0.29) is 5.02 Å². The van der Waals surface area contributed by atoms with Gasteiger partial charge in [0.15, 0.2) is 16.3 Å². The minimum Gasteiger partial charge on any atom is -0.345 e. The van der Waals surface area contributed by atoms with Gasteiger partial charge >= 0.3 is 5.69 Å². The summed E-state index contributed by atoms with van der Waals surface area (Å²) in [6, 6.07) is 11.7. The Hall–Kier alpha value is -3.41. The van der Waals surface area contributed by atoms with Crippen LogP contribution in [-0.2, 0) is 20.6 Å². The van der Waals surface area contributed by atoms with E-state index in [1.165, 1.54) is 23.7 Å². The van der Waals surface area contributed by atoms with Gasteiger partial charge in [-0.05, 0) is 48.1 Å². The lowest BCUT2D eigenvalue weighted by Gasteiger charge is -2.36. The number of nitrogens with zero attached hydrogens (tertiary/aromatic N) is 6. The van der Waals surface area contributed by atoms with Crippen molar-refractivity contribution < 1.29 is 4.39 Å². The average molecular weight is 576 g/mol. The highest BCUT2D eigenvalue weighted by atomic mass is 35.5. The molecule has 0 unspecified atom stereocenters. The molecule has 0 atom stereocenters. The summed E-state index contributed by atoms with van der Waals surface area (Å²) >= 11 is 17.5. The van der Waals surface area contributed by atoms with Gasteiger partial charge in [-0.15, -0.1) is 0 Å². The van der Waals surface area contributed by atoms with Gasteiger partial charge in [0.2, 0.25) is 5.95 Å². The zero-order chi connectivity index (χ0) is 27.1. The molecule has 4 aromatic rings. The molecule has 0 bridgehead atoms. The Labute approximate surface area is 232 Å². The third kappa shape index (κ3) is 4.89. The van der Waals surface area contributed by atoms with Crippen molar-refractivity contribution in [3.8, 4) is 0 Å². The summed E-state index contributed by atoms with van der Waals surface area (Å²) in [5, 5.41) is 4.24. The molecule has 9 nitrogen and oxygen atoms in total. The van der Waals surface area contributed by atoms with Crippen LogP contribution in [-0.4, -0.2) is 54.9 Å². The van der Waals surface area contributed by atoms with E-state index in [0.29, 0.717) is 65.7 Å². The number of fused-ring (bicyclic) bond motifs is 1. The summed E-state index contributed by atoms with van der Waals surface area (Å²) in [5.74, 6) is 0.0997. The van der Waals surface area contributed by atoms with Gasteiger partial charge in [0.1, 0.15) is 5.82 Å². The van der Waals surface area contributed by atoms with Gasteiger partial charge in [-0.3, -0.25) is 18.5 Å². The van der Waals surface area contributed by atoms with Gasteiger partial charge in [0.05, 0.1) is 11.6 Å². The predicted molar refractivity (Wildman–Crippen MR) is 152 cm³/mol. The van der Waals surface area contributed by atoms with Crippen molar-refractivity contribution in [1.82, 2.24) is 23.6 Å². The number of aromatic nitrogens is 4. The Balaban J connectivity index is 1.43. The predicted octanol–water partition coefficient (Wildman–Crippen LogP) is 3.45. The van der Waals surface area contributed by atoms with Crippen LogP contribution < -0.4 is 21.5 Å². The molecule has 1 aliphatic rings. The third-order valence-electron chi connectivity index (χ3n) is 6.60. The van der Waals surface area contributed by atoms with Crippen molar-refractivity contribution in [3.05, 3.63) is 84.7 Å². The number of thiocarbonyl (C=S) groups is 1. The van der Waals surface area contributed by atoms with Crippen LogP contribution in [0.2, 0.25) is 10.0 Å². The molecular formula is C25H24Cl2FN7O2S. The highest BCUT2D eigenvalue weighted by Crippen LogP contribution is 2.24. The number of nitrogens with one attached hydrogen (secondary N) is 1. The molecule has 0 saturated carbocycles. The molecule has 1 aliphatic heterocycles. The minimum absolute atomic E-state index is 0.0164. The Morgan fingerprint density at radius 1 is 1.03 bits per heavy atom. The Morgan fingerprint density at radius 3 is 2.37 bits per heavy atom. The van der Waals surface area contributed by atoms with Crippen molar-refractivity contribution in [1.29, 1.82) is 0 Å². The first-order valence-corrected chi connectivity index (χ1v) is 13.0. The monoisotopic (exact) mass is 575 g/mol. The van der Waals surface area contributed by atoms with Crippen LogP contribution in [0.5, 0.6) is 0 Å². The number of imidazole rings is 1. The maximum Gasteiger partial charge on any atom is 0.332 e. The molecule has 0 radical (unpaired) electrons. The van der Waals surface area contributed by atoms with E-state index in [4.69, 9.17) is 40.4 Å². The third-order valence-corrected chi connectivity index (χ3v) is 7.50. The van der Waals surface area contributed by atoms with E-state index < -0.39 is 17.1 Å². The van der Waals surface area contributed by atoms with Crippen molar-refractivity contribution in [3.63, 3.8) is 0 Å². The van der Waals surface area contributed by atoms with Crippen LogP contribution in [0.4, 0.5) is 16.0 Å². The molecule has 198 valence electrons. The van der Waals surface area contributed by atoms with Gasteiger partial charge in [-0.1, -0.05) is 35.3 Å². The molecule has 1 N–H and O–H groups in total. The van der Waals surface area contributed by atoms with E-state index in [9.17, 15) is 14.0 Å². The van der Waals surface area contributed by atoms with Gasteiger partial charge in [-0.25, -0.2) is 9.18 Å². The average Bonchev–Trinajstić information content (AvgIpc) is 3.29. The van der Waals surface area contributed by atoms with E-state index in [2.05, 4.69) is 10.2 Å². The largest absolute Gasteiger partial charge is 0.345 e. The maximum absolute atomic E-state index is 13.5. The minimum atomic E-state index is -0.495. The zero-order valence-corrected chi connectivity index (χ0v) is 22.9. The molecule has 0 amide bonds. The molecular weight excluding hydrogens is 552 g/mol. The number of aryl methyl sites for hydroxylation is 1. The van der Waals surface area contributed by atoms with Gasteiger partial charge in [-0.2, -0.15) is 4.98 Å². The number of rotatable bonds is 4. The topological polar surface area (TPSA) is 80.3 Å². The lowest BCUT2D eigenvalue weighted by molar-refractivity contribution is 0.386. The second-order valence-electron chi connectivity index (χ2n) is 9.04. The Kier molecular flexibility index (Phi) is 7.17. The molecule has 0 aliphatic carbocycles. The van der Waals surface area contributed by atoms with Crippen LogP contribution in [0.1, 0.15) is 5.56 Å². The highest BCUT2D eigenvalue weighted by Gasteiger charge is 2.26. The lowest BCUT2D eigenvalue weighted by Crippen LogP contribution is -2.50. The SMILES string of the molecule is Cn1c(=O)c2c(nc(N3CCN(C(=S)Nc4ccc(F)c(Cl)c4)CC3)n2Cc2ccc(Cl)cc2)n(C)c1=O. The maximum atomic E-state index is 13.5. The van der Waals surface area contributed by atoms with E-state index in [1.54, 1.807) is 25.2 Å². The van der Waals surface area contributed by atoms with Crippen LogP contribution in [0.15, 0.2) is 52.1 Å². The Bertz CT molecular complexity index is 1660. The Morgan fingerprint density at radius 2 is 1.71 bits per heavy atom. The normalized spacial score (nSPS) is 13.8. The number of benzene rings is 2. The molecule has 38 heavy (non-hydrogen) atoms. The number of anilines is 2. The molecule has 5 rings (SSSR count). The van der Waals surface area contributed by atoms with E-state index in [1.807, 2.05) is 21.6 Å². The second-order valence-corrected chi connectivity index (χ2v) is 10.3. The summed E-state index contributed by atoms with van der Waals surface area (Å²) in [7, 11) is 3.07. The van der Waals surface area contributed by atoms with Crippen LogP contribution in [0.25, 0.3) is 11.2 Å². The van der Waals surface area contributed by atoms with Crippen molar-refractivity contribution in [2.24, 2.45) is 14.1 Å². The number of hydrogen-bond acceptors (Lipinski definition) is 5. The summed E-state index contributed by atoms with van der Waals surface area (Å²) in [6.07, 6.45) is 0. The fourth-order valence-corrected chi connectivity index (χ4v) is 5.09. The van der Waals surface area contributed by atoms with Crippen molar-refractivity contribution in [2.75, 3.05) is 36.4 Å². The summed E-state index contributed by atoms with van der Waals surface area (Å²) in [4.78, 5) is 34.6. The quantitative estimate of drug-likeness (QED) is 0.373. The van der Waals surface area contributed by atoms with Crippen molar-refractivity contribution in [2.45, 2.75) is 6.54 Å². The first kappa shape index (κ1) is 26.2. The fraction of sp³-hybridized carbons (Fsp3) is 0.280. The molecule has 13 heteroatoms. The standard InChI is InChI=1S/C25H24Cl2FN7O2S/c1-31-21-20(22(36)32(2)25(31)37)35(14-15-3-5-16(26)6-4-15)23(30-21)33-9-11-34(12-10-33)24(38)29-17-7-8-19(28)18(27)13-17/h3-8,13H,9-12,14H2,1-2H3,(H,29,38). The van der Waals surface area contributed by atoms with Gasteiger partial charge in [0, 0.05) is 51.0 Å². The molecule has 0 spiro atoms. The summed E-state index contributed by atoms with van der Waals surface area (Å²) in [6.45, 7) is 2.69. The molecule has 2 aromatic heterocycles. The molecule has 3 heterocycles. The van der Waals surface area contributed by atoms with Crippen LogP contribution in [0, 0.1) is 5.82 Å². The van der Waals surface area contributed by atoms with Crippen LogP contribution in [0.3, 0.4) is 0 Å². The highest BCUT2D eigenvalue weighted by molar-refractivity contribution is 7.80. The molecule has 1 saturated heterocycles. The molecule has 2 aromatic carbocycles. The summed E-state index contributed by atoms with van der Waals surface area (Å²) < 4.78 is 17.8. The summed E-state index contributed by atoms with van der Waals surface area (Å²) in [5.41, 5.74) is 1.38. The van der Waals surface area contributed by atoms with Gasteiger partial charge in [0.25, 0.3) is 5.56 Å². The zero-order valence-electron chi connectivity index (χ0n) is 20.6. The fourth-order valence-electron chi connectivity index (χ4n) is 4.48. The second kappa shape index (κ2) is 10.4. The van der Waals surface area contributed by atoms with Gasteiger partial charge < -0.3 is 15.1 Å².